The van der Waals surface area contributed by atoms with Gasteiger partial charge in [0.15, 0.2) is 5.90 Å². The number of rotatable bonds is 4. The van der Waals surface area contributed by atoms with Gasteiger partial charge in [-0.3, -0.25) is 9.89 Å². The van der Waals surface area contributed by atoms with E-state index in [4.69, 9.17) is 4.74 Å². The van der Waals surface area contributed by atoms with Gasteiger partial charge < -0.3 is 4.74 Å². The fraction of sp³-hybridized carbons (Fsp3) is 0.750. The smallest absolute Gasteiger partial charge is 0.185 e. The predicted molar refractivity (Wildman–Crippen MR) is 86.5 cm³/mol. The van der Waals surface area contributed by atoms with Crippen LogP contribution < -0.4 is 0 Å². The van der Waals surface area contributed by atoms with Gasteiger partial charge in [-0.2, -0.15) is 0 Å². The van der Waals surface area contributed by atoms with Crippen LogP contribution in [-0.2, 0) is 4.74 Å². The van der Waals surface area contributed by atoms with Crippen LogP contribution in [0.1, 0.15) is 53.4 Å². The van der Waals surface area contributed by atoms with Crippen LogP contribution in [0.15, 0.2) is 22.4 Å². The molecule has 20 heavy (non-hydrogen) atoms. The molecular weight excluding hydrogens is 250 g/mol. The van der Waals surface area contributed by atoms with Gasteiger partial charge in [-0.1, -0.05) is 12.8 Å². The molecule has 0 atom stereocenters. The Morgan fingerprint density at radius 2 is 1.75 bits per heavy atom. The van der Waals surface area contributed by atoms with E-state index in [1.807, 2.05) is 33.9 Å². The van der Waals surface area contributed by atoms with Gasteiger partial charge in [0.05, 0.1) is 0 Å². The van der Waals surface area contributed by atoms with E-state index in [0.717, 1.165) is 6.54 Å². The maximum absolute atomic E-state index is 5.59. The average Bonchev–Trinajstić information content (AvgIpc) is 2.60. The summed E-state index contributed by atoms with van der Waals surface area (Å²) in [4.78, 5) is 10.9. The third-order valence-electron chi connectivity index (χ3n) is 3.01. The summed E-state index contributed by atoms with van der Waals surface area (Å²) in [6.45, 7) is 11.2. The summed E-state index contributed by atoms with van der Waals surface area (Å²) in [5.41, 5.74) is -0.197. The molecule has 0 amide bonds. The fourth-order valence-electron chi connectivity index (χ4n) is 2.19. The summed E-state index contributed by atoms with van der Waals surface area (Å²) in [6, 6.07) is 0. The van der Waals surface area contributed by atoms with Crippen LogP contribution in [0.3, 0.4) is 0 Å². The predicted octanol–water partition coefficient (Wildman–Crippen LogP) is 3.64. The molecule has 0 bridgehead atoms. The van der Waals surface area contributed by atoms with Gasteiger partial charge in [0.1, 0.15) is 5.60 Å². The van der Waals surface area contributed by atoms with Gasteiger partial charge in [-0.15, -0.1) is 0 Å². The van der Waals surface area contributed by atoms with Crippen LogP contribution in [0.4, 0.5) is 0 Å². The van der Waals surface area contributed by atoms with Crippen molar-refractivity contribution in [1.29, 1.82) is 0 Å². The lowest BCUT2D eigenvalue weighted by atomic mass is 10.2. The van der Waals surface area contributed by atoms with Crippen molar-refractivity contribution in [3.63, 3.8) is 0 Å². The van der Waals surface area contributed by atoms with E-state index >= 15 is 0 Å². The lowest BCUT2D eigenvalue weighted by Gasteiger charge is -2.20. The Balaban J connectivity index is 2.25. The Morgan fingerprint density at radius 1 is 1.10 bits per heavy atom. The SMILES string of the molecule is CC(=N/C=C\N=CCN1CCCCCC1)OC(C)(C)C. The highest BCUT2D eigenvalue weighted by atomic mass is 16.5. The Morgan fingerprint density at radius 3 is 2.35 bits per heavy atom. The second kappa shape index (κ2) is 8.90. The van der Waals surface area contributed by atoms with E-state index in [0.29, 0.717) is 5.90 Å². The zero-order valence-corrected chi connectivity index (χ0v) is 13.4. The molecule has 0 aromatic rings. The normalized spacial score (nSPS) is 19.7. The van der Waals surface area contributed by atoms with Gasteiger partial charge in [0.2, 0.25) is 0 Å². The molecule has 1 aliphatic heterocycles. The van der Waals surface area contributed by atoms with Crippen molar-refractivity contribution in [2.24, 2.45) is 9.98 Å². The molecule has 1 heterocycles. The van der Waals surface area contributed by atoms with Crippen LogP contribution in [0.25, 0.3) is 0 Å². The van der Waals surface area contributed by atoms with Gasteiger partial charge in [0.25, 0.3) is 0 Å². The molecule has 114 valence electrons. The molecule has 0 spiro atoms. The quantitative estimate of drug-likeness (QED) is 0.582. The van der Waals surface area contributed by atoms with E-state index < -0.39 is 0 Å². The molecule has 4 heteroatoms. The molecule has 0 saturated carbocycles. The Hall–Kier alpha value is -1.16. The minimum absolute atomic E-state index is 0.197. The number of aliphatic imine (C=N–C) groups is 2. The minimum atomic E-state index is -0.197. The molecular formula is C16H29N3O. The van der Waals surface area contributed by atoms with Crippen molar-refractivity contribution in [2.45, 2.75) is 59.0 Å². The molecule has 0 N–H and O–H groups in total. The summed E-state index contributed by atoms with van der Waals surface area (Å²) in [7, 11) is 0. The van der Waals surface area contributed by atoms with Crippen molar-refractivity contribution in [1.82, 2.24) is 4.90 Å². The van der Waals surface area contributed by atoms with E-state index in [9.17, 15) is 0 Å². The minimum Gasteiger partial charge on any atom is -0.475 e. The first kappa shape index (κ1) is 16.9. The highest BCUT2D eigenvalue weighted by Crippen LogP contribution is 2.08. The first-order chi connectivity index (χ1) is 9.47. The van der Waals surface area contributed by atoms with Crippen molar-refractivity contribution in [3.8, 4) is 0 Å². The third-order valence-corrected chi connectivity index (χ3v) is 3.01. The molecule has 1 aliphatic rings. The van der Waals surface area contributed by atoms with Gasteiger partial charge in [0, 0.05) is 32.1 Å². The molecule has 0 aromatic heterocycles. The molecule has 1 saturated heterocycles. The topological polar surface area (TPSA) is 37.2 Å². The third kappa shape index (κ3) is 8.86. The molecule has 1 fully saturated rings. The molecule has 0 aromatic carbocycles. The number of hydrogen-bond donors (Lipinski definition) is 0. The number of likely N-dealkylation sites (tertiary alicyclic amines) is 1. The maximum atomic E-state index is 5.59. The Kier molecular flexibility index (Phi) is 7.52. The maximum Gasteiger partial charge on any atom is 0.185 e. The number of hydrogen-bond acceptors (Lipinski definition) is 4. The Bertz CT molecular complexity index is 345. The van der Waals surface area contributed by atoms with E-state index in [-0.39, 0.29) is 5.60 Å². The highest BCUT2D eigenvalue weighted by molar-refractivity contribution is 5.74. The molecule has 4 nitrogen and oxygen atoms in total. The second-order valence-electron chi connectivity index (χ2n) is 6.21. The van der Waals surface area contributed by atoms with E-state index in [1.165, 1.54) is 38.8 Å². The van der Waals surface area contributed by atoms with Gasteiger partial charge in [-0.05, 0) is 46.7 Å². The number of nitrogens with zero attached hydrogens (tertiary/aromatic N) is 3. The molecule has 0 aliphatic carbocycles. The first-order valence-electron chi connectivity index (χ1n) is 7.60. The standard InChI is InChI=1S/C16H29N3O/c1-15(20-16(2,3)4)18-10-9-17-11-14-19-12-7-5-6-8-13-19/h9-11H,5-8,12-14H2,1-4H3/b10-9-,17-11?,18-15?. The largest absolute Gasteiger partial charge is 0.475 e. The summed E-state index contributed by atoms with van der Waals surface area (Å²) >= 11 is 0. The van der Waals surface area contributed by atoms with E-state index in [1.54, 1.807) is 12.4 Å². The van der Waals surface area contributed by atoms with Crippen LogP contribution in [0.5, 0.6) is 0 Å². The number of ether oxygens (including phenoxy) is 1. The fourth-order valence-corrected chi connectivity index (χ4v) is 2.19. The zero-order chi connectivity index (χ0) is 14.8. The van der Waals surface area contributed by atoms with E-state index in [2.05, 4.69) is 14.9 Å². The summed E-state index contributed by atoms with van der Waals surface area (Å²) in [5, 5.41) is 0. The summed E-state index contributed by atoms with van der Waals surface area (Å²) in [6.07, 6.45) is 10.7. The van der Waals surface area contributed by atoms with Crippen LogP contribution in [0.2, 0.25) is 0 Å². The lowest BCUT2D eigenvalue weighted by Crippen LogP contribution is -2.26. The molecule has 1 rings (SSSR count). The van der Waals surface area contributed by atoms with Crippen LogP contribution >= 0.6 is 0 Å². The van der Waals surface area contributed by atoms with Crippen LogP contribution in [0, 0.1) is 0 Å². The van der Waals surface area contributed by atoms with Crippen molar-refractivity contribution in [2.75, 3.05) is 19.6 Å². The van der Waals surface area contributed by atoms with Crippen molar-refractivity contribution < 1.29 is 4.74 Å². The van der Waals surface area contributed by atoms with Crippen LogP contribution in [-0.4, -0.2) is 42.2 Å². The molecule has 0 unspecified atom stereocenters. The van der Waals surface area contributed by atoms with Gasteiger partial charge in [-0.25, -0.2) is 4.99 Å². The monoisotopic (exact) mass is 279 g/mol. The average molecular weight is 279 g/mol. The van der Waals surface area contributed by atoms with Gasteiger partial charge >= 0.3 is 0 Å². The first-order valence-corrected chi connectivity index (χ1v) is 7.60. The lowest BCUT2D eigenvalue weighted by molar-refractivity contribution is 0.115. The summed E-state index contributed by atoms with van der Waals surface area (Å²) < 4.78 is 5.59. The van der Waals surface area contributed by atoms with Crippen molar-refractivity contribution in [3.05, 3.63) is 12.4 Å². The Labute approximate surface area is 123 Å². The summed E-state index contributed by atoms with van der Waals surface area (Å²) in [5.74, 6) is 0.663. The van der Waals surface area contributed by atoms with Crippen molar-refractivity contribution >= 4 is 12.1 Å². The second-order valence-corrected chi connectivity index (χ2v) is 6.21. The molecule has 0 radical (unpaired) electrons. The zero-order valence-electron chi connectivity index (χ0n) is 13.4. The highest BCUT2D eigenvalue weighted by Gasteiger charge is 2.11.